The Morgan fingerprint density at radius 2 is 2.35 bits per heavy atom. The monoisotopic (exact) mass is 233 g/mol. The molecule has 2 rings (SSSR count). The number of ketones is 1. The van der Waals surface area contributed by atoms with Crippen LogP contribution in [0.5, 0.6) is 0 Å². The van der Waals surface area contributed by atoms with Gasteiger partial charge in [-0.25, -0.2) is 4.98 Å². The van der Waals surface area contributed by atoms with Gasteiger partial charge in [-0.05, 0) is 26.0 Å². The molecule has 5 nitrogen and oxygen atoms in total. The number of hydrogen-bond donors (Lipinski definition) is 1. The normalized spacial score (nSPS) is 20.0. The topological polar surface area (TPSA) is 62.3 Å². The molecule has 17 heavy (non-hydrogen) atoms. The predicted octanol–water partition coefficient (Wildman–Crippen LogP) is 0.609. The van der Waals surface area contributed by atoms with E-state index < -0.39 is 0 Å². The molecule has 1 aliphatic heterocycles. The van der Waals surface area contributed by atoms with E-state index in [1.807, 2.05) is 11.8 Å². The number of amides is 1. The maximum absolute atomic E-state index is 11.5. The fourth-order valence-electron chi connectivity index (χ4n) is 1.89. The fourth-order valence-corrected chi connectivity index (χ4v) is 1.89. The van der Waals surface area contributed by atoms with E-state index in [1.165, 1.54) is 6.92 Å². The van der Waals surface area contributed by atoms with Crippen LogP contribution in [0.3, 0.4) is 0 Å². The van der Waals surface area contributed by atoms with Gasteiger partial charge in [0.15, 0.2) is 5.78 Å². The first kappa shape index (κ1) is 11.6. The molecule has 0 saturated carbocycles. The Hall–Kier alpha value is -1.91. The zero-order valence-electron chi connectivity index (χ0n) is 9.93. The van der Waals surface area contributed by atoms with Crippen molar-refractivity contribution in [3.05, 3.63) is 23.9 Å². The highest BCUT2D eigenvalue weighted by Crippen LogP contribution is 2.17. The van der Waals surface area contributed by atoms with E-state index in [1.54, 1.807) is 18.3 Å². The van der Waals surface area contributed by atoms with Crippen molar-refractivity contribution in [2.45, 2.75) is 19.9 Å². The Kier molecular flexibility index (Phi) is 3.08. The van der Waals surface area contributed by atoms with Gasteiger partial charge in [-0.3, -0.25) is 9.59 Å². The Bertz CT molecular complexity index is 459. The Morgan fingerprint density at radius 3 is 3.06 bits per heavy atom. The first-order chi connectivity index (χ1) is 8.09. The van der Waals surface area contributed by atoms with Gasteiger partial charge in [0.1, 0.15) is 11.9 Å². The summed E-state index contributed by atoms with van der Waals surface area (Å²) in [5.74, 6) is 0.675. The molecule has 1 unspecified atom stereocenters. The lowest BCUT2D eigenvalue weighted by atomic mass is 10.1. The van der Waals surface area contributed by atoms with Crippen molar-refractivity contribution in [1.82, 2.24) is 10.3 Å². The molecule has 0 aromatic carbocycles. The summed E-state index contributed by atoms with van der Waals surface area (Å²) in [7, 11) is 0. The highest BCUT2D eigenvalue weighted by atomic mass is 16.2. The summed E-state index contributed by atoms with van der Waals surface area (Å²) in [6, 6.07) is 3.16. The molecule has 1 saturated heterocycles. The summed E-state index contributed by atoms with van der Waals surface area (Å²) < 4.78 is 0. The lowest BCUT2D eigenvalue weighted by Gasteiger charge is -2.33. The molecule has 1 aromatic rings. The van der Waals surface area contributed by atoms with Gasteiger partial charge in [-0.1, -0.05) is 0 Å². The third-order valence-corrected chi connectivity index (χ3v) is 2.95. The molecule has 1 aromatic heterocycles. The van der Waals surface area contributed by atoms with Crippen LogP contribution in [-0.4, -0.2) is 35.8 Å². The van der Waals surface area contributed by atoms with Crippen LogP contribution in [-0.2, 0) is 4.79 Å². The smallest absolute Gasteiger partial charge is 0.242 e. The first-order valence-electron chi connectivity index (χ1n) is 5.61. The van der Waals surface area contributed by atoms with Gasteiger partial charge in [0.05, 0.1) is 0 Å². The molecule has 1 amide bonds. The second kappa shape index (κ2) is 4.53. The van der Waals surface area contributed by atoms with Crippen molar-refractivity contribution in [3.8, 4) is 0 Å². The van der Waals surface area contributed by atoms with Crippen molar-refractivity contribution < 1.29 is 9.59 Å². The highest BCUT2D eigenvalue weighted by Gasteiger charge is 2.26. The van der Waals surface area contributed by atoms with Gasteiger partial charge in [0.25, 0.3) is 0 Å². The highest BCUT2D eigenvalue weighted by molar-refractivity contribution is 5.95. The number of aromatic nitrogens is 1. The zero-order valence-corrected chi connectivity index (χ0v) is 9.93. The number of piperazine rings is 1. The molecule has 1 fully saturated rings. The fraction of sp³-hybridized carbons (Fsp3) is 0.417. The average molecular weight is 233 g/mol. The minimum absolute atomic E-state index is 0.00256. The summed E-state index contributed by atoms with van der Waals surface area (Å²) >= 11 is 0. The standard InChI is InChI=1S/C12H15N3O2/c1-8-12(17)14-5-6-15(8)11-7-10(9(2)16)3-4-13-11/h3-4,7-8H,5-6H2,1-2H3,(H,14,17). The number of nitrogens with zero attached hydrogens (tertiary/aromatic N) is 2. The van der Waals surface area contributed by atoms with Crippen molar-refractivity contribution in [1.29, 1.82) is 0 Å². The van der Waals surface area contributed by atoms with E-state index in [9.17, 15) is 9.59 Å². The second-order valence-corrected chi connectivity index (χ2v) is 4.12. The van der Waals surface area contributed by atoms with Crippen molar-refractivity contribution in [3.63, 3.8) is 0 Å². The van der Waals surface area contributed by atoms with Gasteiger partial charge in [-0.15, -0.1) is 0 Å². The van der Waals surface area contributed by atoms with E-state index >= 15 is 0 Å². The molecule has 90 valence electrons. The zero-order chi connectivity index (χ0) is 12.4. The first-order valence-corrected chi connectivity index (χ1v) is 5.61. The van der Waals surface area contributed by atoms with Crippen LogP contribution in [0.2, 0.25) is 0 Å². The molecule has 0 aliphatic carbocycles. The second-order valence-electron chi connectivity index (χ2n) is 4.12. The summed E-state index contributed by atoms with van der Waals surface area (Å²) in [6.45, 7) is 4.67. The number of hydrogen-bond acceptors (Lipinski definition) is 4. The maximum atomic E-state index is 11.5. The van der Waals surface area contributed by atoms with Crippen molar-refractivity contribution in [2.24, 2.45) is 0 Å². The van der Waals surface area contributed by atoms with E-state index in [2.05, 4.69) is 10.3 Å². The van der Waals surface area contributed by atoms with Crippen LogP contribution in [0, 0.1) is 0 Å². The van der Waals surface area contributed by atoms with Gasteiger partial charge in [0.2, 0.25) is 5.91 Å². The van der Waals surface area contributed by atoms with Gasteiger partial charge < -0.3 is 10.2 Å². The minimum Gasteiger partial charge on any atom is -0.353 e. The molecule has 0 spiro atoms. The number of pyridine rings is 1. The minimum atomic E-state index is -0.251. The third-order valence-electron chi connectivity index (χ3n) is 2.95. The largest absolute Gasteiger partial charge is 0.353 e. The van der Waals surface area contributed by atoms with Crippen LogP contribution in [0.15, 0.2) is 18.3 Å². The number of Topliss-reactive ketones (excluding diaryl/α,β-unsaturated/α-hetero) is 1. The third kappa shape index (κ3) is 2.27. The Morgan fingerprint density at radius 1 is 1.59 bits per heavy atom. The summed E-state index contributed by atoms with van der Waals surface area (Å²) in [4.78, 5) is 29.0. The molecule has 0 bridgehead atoms. The van der Waals surface area contributed by atoms with Crippen molar-refractivity contribution in [2.75, 3.05) is 18.0 Å². The summed E-state index contributed by atoms with van der Waals surface area (Å²) in [6.07, 6.45) is 1.60. The average Bonchev–Trinajstić information content (AvgIpc) is 2.33. The predicted molar refractivity (Wildman–Crippen MR) is 64.1 cm³/mol. The van der Waals surface area contributed by atoms with Gasteiger partial charge in [-0.2, -0.15) is 0 Å². The lowest BCUT2D eigenvalue weighted by molar-refractivity contribution is -0.122. The van der Waals surface area contributed by atoms with Gasteiger partial charge in [0, 0.05) is 24.8 Å². The molecule has 0 radical (unpaired) electrons. The van der Waals surface area contributed by atoms with Crippen molar-refractivity contribution >= 4 is 17.5 Å². The van der Waals surface area contributed by atoms with Crippen LogP contribution in [0.1, 0.15) is 24.2 Å². The Balaban J connectivity index is 2.29. The molecule has 1 N–H and O–H groups in total. The molecule has 1 aliphatic rings. The van der Waals surface area contributed by atoms with Crippen LogP contribution < -0.4 is 10.2 Å². The summed E-state index contributed by atoms with van der Waals surface area (Å²) in [5.41, 5.74) is 0.619. The number of anilines is 1. The van der Waals surface area contributed by atoms with Crippen LogP contribution >= 0.6 is 0 Å². The quantitative estimate of drug-likeness (QED) is 0.760. The SMILES string of the molecule is CC(=O)c1ccnc(N2CCNC(=O)C2C)c1. The molecule has 5 heteroatoms. The maximum Gasteiger partial charge on any atom is 0.242 e. The lowest BCUT2D eigenvalue weighted by Crippen LogP contribution is -2.54. The Labute approximate surface area is 99.8 Å². The van der Waals surface area contributed by atoms with E-state index in [-0.39, 0.29) is 17.7 Å². The number of carbonyl (C=O) groups excluding carboxylic acids is 2. The molecular formula is C12H15N3O2. The van der Waals surface area contributed by atoms with E-state index in [0.29, 0.717) is 24.5 Å². The number of rotatable bonds is 2. The molecule has 2 heterocycles. The number of carbonyl (C=O) groups is 2. The van der Waals surface area contributed by atoms with Crippen LogP contribution in [0.4, 0.5) is 5.82 Å². The number of nitrogens with one attached hydrogen (secondary N) is 1. The van der Waals surface area contributed by atoms with Crippen LogP contribution in [0.25, 0.3) is 0 Å². The molecule has 1 atom stereocenters. The van der Waals surface area contributed by atoms with E-state index in [4.69, 9.17) is 0 Å². The van der Waals surface area contributed by atoms with Gasteiger partial charge >= 0.3 is 0 Å². The summed E-state index contributed by atoms with van der Waals surface area (Å²) in [5, 5.41) is 2.79. The van der Waals surface area contributed by atoms with E-state index in [0.717, 1.165) is 0 Å². The molecular weight excluding hydrogens is 218 g/mol.